The third-order valence-corrected chi connectivity index (χ3v) is 5.62. The van der Waals surface area contributed by atoms with Gasteiger partial charge in [0, 0.05) is 4.88 Å². The molecule has 1 aliphatic carbocycles. The van der Waals surface area contributed by atoms with Crippen LogP contribution < -0.4 is 10.1 Å². The summed E-state index contributed by atoms with van der Waals surface area (Å²) in [5.74, 6) is -0.0661. The molecule has 1 heterocycles. The zero-order valence-electron chi connectivity index (χ0n) is 14.6. The maximum atomic E-state index is 12.3. The molecule has 1 aromatic heterocycles. The number of thiophene rings is 1. The Labute approximate surface area is 156 Å². The lowest BCUT2D eigenvalue weighted by Gasteiger charge is -2.09. The molecule has 1 amide bonds. The van der Waals surface area contributed by atoms with Crippen LogP contribution in [0.15, 0.2) is 24.3 Å². The fourth-order valence-electron chi connectivity index (χ4n) is 3.14. The zero-order chi connectivity index (χ0) is 18.5. The van der Waals surface area contributed by atoms with E-state index < -0.39 is 0 Å². The van der Waals surface area contributed by atoms with Crippen molar-refractivity contribution in [2.75, 3.05) is 11.9 Å². The molecule has 1 aromatic carbocycles. The lowest BCUT2D eigenvalue weighted by Crippen LogP contribution is -2.20. The van der Waals surface area contributed by atoms with Crippen LogP contribution in [-0.4, -0.2) is 18.3 Å². The number of fused-ring (bicyclic) bond motifs is 1. The normalized spacial score (nSPS) is 13.2. The third kappa shape index (κ3) is 3.94. The molecule has 1 aliphatic rings. The van der Waals surface area contributed by atoms with Crippen LogP contribution in [0.2, 0.25) is 0 Å². The van der Waals surface area contributed by atoms with Crippen LogP contribution >= 0.6 is 11.3 Å². The number of ether oxygens (including phenoxy) is 1. The molecule has 0 fully saturated rings. The number of nitrogens with one attached hydrogen (secondary N) is 1. The first-order chi connectivity index (χ1) is 12.6. The average Bonchev–Trinajstić information content (AvgIpc) is 2.79. The second kappa shape index (κ2) is 8.15. The Morgan fingerprint density at radius 2 is 2.00 bits per heavy atom. The van der Waals surface area contributed by atoms with Gasteiger partial charge >= 0.3 is 0 Å². The summed E-state index contributed by atoms with van der Waals surface area (Å²) in [6.45, 7) is 1.25. The van der Waals surface area contributed by atoms with E-state index in [1.54, 1.807) is 24.3 Å². The number of hydrogen-bond donors (Lipinski definition) is 1. The monoisotopic (exact) mass is 368 g/mol. The van der Waals surface area contributed by atoms with Gasteiger partial charge in [0.15, 0.2) is 12.4 Å². The number of carbonyl (C=O) groups excluding carboxylic acids is 2. The molecule has 6 heteroatoms. The lowest BCUT2D eigenvalue weighted by molar-refractivity contribution is -0.118. The molecule has 3 rings (SSSR count). The zero-order valence-corrected chi connectivity index (χ0v) is 15.4. The summed E-state index contributed by atoms with van der Waals surface area (Å²) in [6.07, 6.45) is 5.24. The first-order valence-electron chi connectivity index (χ1n) is 8.67. The third-order valence-electron chi connectivity index (χ3n) is 4.41. The highest BCUT2D eigenvalue weighted by molar-refractivity contribution is 7.16. The van der Waals surface area contributed by atoms with Gasteiger partial charge in [-0.2, -0.15) is 5.26 Å². The van der Waals surface area contributed by atoms with Crippen molar-refractivity contribution in [3.05, 3.63) is 45.8 Å². The van der Waals surface area contributed by atoms with Gasteiger partial charge in [-0.25, -0.2) is 0 Å². The van der Waals surface area contributed by atoms with E-state index in [1.807, 2.05) is 0 Å². The van der Waals surface area contributed by atoms with Gasteiger partial charge in [-0.05, 0) is 50.3 Å². The number of aryl methyl sites for hydroxylation is 1. The van der Waals surface area contributed by atoms with E-state index in [2.05, 4.69) is 11.4 Å². The Kier molecular flexibility index (Phi) is 5.69. The summed E-state index contributed by atoms with van der Waals surface area (Å²) in [5.41, 5.74) is 2.12. The van der Waals surface area contributed by atoms with E-state index in [9.17, 15) is 14.9 Å². The Bertz CT molecular complexity index is 880. The van der Waals surface area contributed by atoms with E-state index in [1.165, 1.54) is 29.6 Å². The highest BCUT2D eigenvalue weighted by Crippen LogP contribution is 2.36. The van der Waals surface area contributed by atoms with Gasteiger partial charge in [0.05, 0.1) is 11.1 Å². The predicted octanol–water partition coefficient (Wildman–Crippen LogP) is 4.11. The molecule has 0 saturated heterocycles. The largest absolute Gasteiger partial charge is 0.483 e. The summed E-state index contributed by atoms with van der Waals surface area (Å²) in [4.78, 5) is 25.1. The number of nitriles is 1. The van der Waals surface area contributed by atoms with Crippen LogP contribution in [0.3, 0.4) is 0 Å². The molecule has 5 nitrogen and oxygen atoms in total. The van der Waals surface area contributed by atoms with Gasteiger partial charge in [0.25, 0.3) is 5.91 Å². The highest BCUT2D eigenvalue weighted by atomic mass is 32.1. The Hall–Kier alpha value is -2.65. The van der Waals surface area contributed by atoms with Gasteiger partial charge in [0.2, 0.25) is 0 Å². The topological polar surface area (TPSA) is 79.2 Å². The molecule has 0 atom stereocenters. The Morgan fingerprint density at radius 1 is 1.23 bits per heavy atom. The fourth-order valence-corrected chi connectivity index (χ4v) is 4.39. The lowest BCUT2D eigenvalue weighted by atomic mass is 10.1. The van der Waals surface area contributed by atoms with Crippen molar-refractivity contribution in [1.82, 2.24) is 0 Å². The van der Waals surface area contributed by atoms with Crippen LogP contribution in [-0.2, 0) is 17.6 Å². The number of Topliss-reactive ketones (excluding diaryl/α,β-unsaturated/α-hetero) is 1. The Morgan fingerprint density at radius 3 is 2.77 bits per heavy atom. The number of ketones is 1. The SMILES string of the molecule is CC(=O)c1ccccc1OCC(=O)Nc1sc2c(c1C#N)CCCCC2. The summed E-state index contributed by atoms with van der Waals surface area (Å²) < 4.78 is 5.52. The first kappa shape index (κ1) is 18.2. The van der Waals surface area contributed by atoms with Crippen molar-refractivity contribution < 1.29 is 14.3 Å². The minimum absolute atomic E-state index is 0.116. The van der Waals surface area contributed by atoms with Crippen molar-refractivity contribution >= 4 is 28.0 Å². The van der Waals surface area contributed by atoms with Crippen molar-refractivity contribution in [2.24, 2.45) is 0 Å². The minimum atomic E-state index is -0.337. The number of para-hydroxylation sites is 1. The number of anilines is 1. The molecule has 2 aromatic rings. The van der Waals surface area contributed by atoms with E-state index in [4.69, 9.17) is 4.74 Å². The number of rotatable bonds is 5. The maximum absolute atomic E-state index is 12.3. The molecule has 0 unspecified atom stereocenters. The average molecular weight is 368 g/mol. The standard InChI is InChI=1S/C20H20N2O3S/c1-13(23)14-7-5-6-9-17(14)25-12-19(24)22-20-16(11-21)15-8-3-2-4-10-18(15)26-20/h5-7,9H,2-4,8,10,12H2,1H3,(H,22,24). The molecule has 0 bridgehead atoms. The van der Waals surface area contributed by atoms with E-state index >= 15 is 0 Å². The van der Waals surface area contributed by atoms with Crippen LogP contribution in [0.5, 0.6) is 5.75 Å². The van der Waals surface area contributed by atoms with Gasteiger partial charge in [-0.1, -0.05) is 18.6 Å². The van der Waals surface area contributed by atoms with Crippen molar-refractivity contribution in [2.45, 2.75) is 39.0 Å². The van der Waals surface area contributed by atoms with Crippen LogP contribution in [0.25, 0.3) is 0 Å². The summed E-state index contributed by atoms with van der Waals surface area (Å²) in [5, 5.41) is 12.9. The molecule has 134 valence electrons. The summed E-state index contributed by atoms with van der Waals surface area (Å²) >= 11 is 1.49. The fraction of sp³-hybridized carbons (Fsp3) is 0.350. The molecule has 0 saturated carbocycles. The minimum Gasteiger partial charge on any atom is -0.483 e. The van der Waals surface area contributed by atoms with E-state index in [0.717, 1.165) is 31.2 Å². The van der Waals surface area contributed by atoms with E-state index in [0.29, 0.717) is 21.9 Å². The second-order valence-corrected chi connectivity index (χ2v) is 7.37. The summed E-state index contributed by atoms with van der Waals surface area (Å²) in [7, 11) is 0. The van der Waals surface area contributed by atoms with Crippen LogP contribution in [0.1, 0.15) is 52.5 Å². The Balaban J connectivity index is 1.70. The van der Waals surface area contributed by atoms with Gasteiger partial charge in [-0.15, -0.1) is 11.3 Å². The number of carbonyl (C=O) groups is 2. The number of hydrogen-bond acceptors (Lipinski definition) is 5. The molecule has 1 N–H and O–H groups in total. The second-order valence-electron chi connectivity index (χ2n) is 6.27. The molecular weight excluding hydrogens is 348 g/mol. The number of benzene rings is 1. The predicted molar refractivity (Wildman–Crippen MR) is 101 cm³/mol. The van der Waals surface area contributed by atoms with Gasteiger partial charge in [-0.3, -0.25) is 9.59 Å². The van der Waals surface area contributed by atoms with Crippen molar-refractivity contribution in [3.63, 3.8) is 0 Å². The molecule has 0 aliphatic heterocycles. The summed E-state index contributed by atoms with van der Waals surface area (Å²) in [6, 6.07) is 9.08. The molecular formula is C20H20N2O3S. The van der Waals surface area contributed by atoms with Gasteiger partial charge in [0.1, 0.15) is 16.8 Å². The molecule has 26 heavy (non-hydrogen) atoms. The smallest absolute Gasteiger partial charge is 0.262 e. The number of amides is 1. The maximum Gasteiger partial charge on any atom is 0.262 e. The number of nitrogens with zero attached hydrogens (tertiary/aromatic N) is 1. The quantitative estimate of drug-likeness (QED) is 0.636. The highest BCUT2D eigenvalue weighted by Gasteiger charge is 2.21. The van der Waals surface area contributed by atoms with Gasteiger partial charge < -0.3 is 10.1 Å². The first-order valence-corrected chi connectivity index (χ1v) is 9.49. The molecule has 0 radical (unpaired) electrons. The van der Waals surface area contributed by atoms with Crippen molar-refractivity contribution in [1.29, 1.82) is 5.26 Å². The van der Waals surface area contributed by atoms with Crippen LogP contribution in [0, 0.1) is 11.3 Å². The molecule has 0 spiro atoms. The van der Waals surface area contributed by atoms with E-state index in [-0.39, 0.29) is 18.3 Å². The van der Waals surface area contributed by atoms with Crippen LogP contribution in [0.4, 0.5) is 5.00 Å². The van der Waals surface area contributed by atoms with Crippen molar-refractivity contribution in [3.8, 4) is 11.8 Å².